The van der Waals surface area contributed by atoms with Crippen molar-refractivity contribution >= 4 is 23.2 Å². The van der Waals surface area contributed by atoms with Gasteiger partial charge in [-0.1, -0.05) is 0 Å². The Morgan fingerprint density at radius 2 is 1.89 bits per heavy atom. The maximum absolute atomic E-state index is 13.9. The first-order chi connectivity index (χ1) is 18.6. The molecule has 38 heavy (non-hydrogen) atoms. The van der Waals surface area contributed by atoms with Crippen LogP contribution in [0.2, 0.25) is 0 Å². The van der Waals surface area contributed by atoms with Gasteiger partial charge in [-0.2, -0.15) is 4.39 Å². The molecule has 0 aliphatic carbocycles. The van der Waals surface area contributed by atoms with Gasteiger partial charge < -0.3 is 20.4 Å². The molecule has 2 saturated heterocycles. The lowest BCUT2D eigenvalue weighted by molar-refractivity contribution is -0.116. The van der Waals surface area contributed by atoms with Gasteiger partial charge >= 0.3 is 0 Å². The molecular weight excluding hydrogens is 483 g/mol. The molecule has 1 atom stereocenters. The van der Waals surface area contributed by atoms with Gasteiger partial charge in [0.2, 0.25) is 11.9 Å². The lowest BCUT2D eigenvalue weighted by atomic mass is 9.91. The van der Waals surface area contributed by atoms with Crippen molar-refractivity contribution in [2.24, 2.45) is 0 Å². The van der Waals surface area contributed by atoms with Crippen LogP contribution in [0.4, 0.5) is 21.7 Å². The van der Waals surface area contributed by atoms with E-state index in [9.17, 15) is 9.18 Å². The number of piperidine rings is 1. The Bertz CT molecular complexity index is 1320. The number of aromatic nitrogens is 4. The maximum atomic E-state index is 13.9. The Morgan fingerprint density at radius 1 is 1.08 bits per heavy atom. The fourth-order valence-corrected chi connectivity index (χ4v) is 5.87. The summed E-state index contributed by atoms with van der Waals surface area (Å²) in [7, 11) is 0. The van der Waals surface area contributed by atoms with Gasteiger partial charge in [0.05, 0.1) is 23.0 Å². The summed E-state index contributed by atoms with van der Waals surface area (Å²) in [6.45, 7) is 7.73. The number of likely N-dealkylation sites (tertiary alicyclic amines) is 1. The first-order valence-electron chi connectivity index (χ1n) is 13.6. The molecule has 10 heteroatoms. The molecule has 0 aromatic carbocycles. The van der Waals surface area contributed by atoms with Crippen molar-refractivity contribution in [1.29, 1.82) is 0 Å². The molecule has 9 nitrogen and oxygen atoms in total. The van der Waals surface area contributed by atoms with E-state index in [4.69, 9.17) is 4.98 Å². The van der Waals surface area contributed by atoms with Gasteiger partial charge in [0.15, 0.2) is 0 Å². The first kappa shape index (κ1) is 24.7. The number of amides is 1. The van der Waals surface area contributed by atoms with Gasteiger partial charge in [0, 0.05) is 55.5 Å². The predicted octanol–water partition coefficient (Wildman–Crippen LogP) is 4.02. The quantitative estimate of drug-likeness (QED) is 0.455. The van der Waals surface area contributed by atoms with Crippen LogP contribution in [0.1, 0.15) is 55.7 Å². The molecule has 6 rings (SSSR count). The average Bonchev–Trinajstić information content (AvgIpc) is 3.56. The summed E-state index contributed by atoms with van der Waals surface area (Å²) in [5.74, 6) is 0.917. The van der Waals surface area contributed by atoms with Crippen molar-refractivity contribution in [2.45, 2.75) is 44.4 Å². The second kappa shape index (κ2) is 10.6. The number of nitrogens with zero attached hydrogens (tertiary/aromatic N) is 6. The minimum absolute atomic E-state index is 0.0325. The SMILES string of the molecule is CC1C(=O)Nc2ncnc(N3CCC(c4nc(-c5ccnc(F)c5)ccc4NCCN4CCCC4)CC3)c21. The van der Waals surface area contributed by atoms with E-state index < -0.39 is 5.95 Å². The number of fused-ring (bicyclic) bond motifs is 1. The van der Waals surface area contributed by atoms with Crippen molar-refractivity contribution < 1.29 is 9.18 Å². The van der Waals surface area contributed by atoms with Crippen LogP contribution in [0.5, 0.6) is 0 Å². The number of nitrogens with one attached hydrogen (secondary N) is 2. The standard InChI is InChI=1S/C28H33FN8O/c1-18-24-26(35-28(18)38)32-17-33-27(24)37-13-7-19(8-14-37)25-22(30-10-15-36-11-2-3-12-36)5-4-21(34-25)20-6-9-31-23(29)16-20/h4-6,9,16-19,30H,2-3,7-8,10-15H2,1H3,(H,32,33,35,38). The van der Waals surface area contributed by atoms with Crippen LogP contribution in [0.15, 0.2) is 36.8 Å². The summed E-state index contributed by atoms with van der Waals surface area (Å²) in [4.78, 5) is 34.6. The van der Waals surface area contributed by atoms with Crippen LogP contribution in [0.25, 0.3) is 11.3 Å². The Morgan fingerprint density at radius 3 is 2.68 bits per heavy atom. The monoisotopic (exact) mass is 516 g/mol. The highest BCUT2D eigenvalue weighted by Crippen LogP contribution is 2.40. The molecule has 1 amide bonds. The van der Waals surface area contributed by atoms with E-state index in [0.717, 1.165) is 73.0 Å². The van der Waals surface area contributed by atoms with E-state index in [1.807, 2.05) is 13.0 Å². The highest BCUT2D eigenvalue weighted by atomic mass is 19.1. The lowest BCUT2D eigenvalue weighted by Crippen LogP contribution is -2.35. The van der Waals surface area contributed by atoms with Gasteiger partial charge in [-0.25, -0.2) is 15.0 Å². The molecule has 3 aromatic rings. The number of carbonyl (C=O) groups excluding carboxylic acids is 1. The summed E-state index contributed by atoms with van der Waals surface area (Å²) >= 11 is 0. The number of rotatable bonds is 7. The normalized spacial score (nSPS) is 20.0. The second-order valence-corrected chi connectivity index (χ2v) is 10.4. The summed E-state index contributed by atoms with van der Waals surface area (Å²) in [5, 5.41) is 6.51. The maximum Gasteiger partial charge on any atom is 0.233 e. The van der Waals surface area contributed by atoms with Crippen LogP contribution in [0, 0.1) is 5.95 Å². The average molecular weight is 517 g/mol. The van der Waals surface area contributed by atoms with Crippen LogP contribution in [-0.4, -0.2) is 70.0 Å². The zero-order chi connectivity index (χ0) is 26.1. The van der Waals surface area contributed by atoms with E-state index in [2.05, 4.69) is 41.5 Å². The predicted molar refractivity (Wildman–Crippen MR) is 145 cm³/mol. The van der Waals surface area contributed by atoms with Crippen LogP contribution >= 0.6 is 0 Å². The van der Waals surface area contributed by atoms with E-state index in [-0.39, 0.29) is 17.7 Å². The number of hydrogen-bond acceptors (Lipinski definition) is 8. The molecule has 0 saturated carbocycles. The Labute approximate surface area is 221 Å². The third-order valence-electron chi connectivity index (χ3n) is 8.00. The zero-order valence-corrected chi connectivity index (χ0v) is 21.7. The van der Waals surface area contributed by atoms with Gasteiger partial charge in [0.1, 0.15) is 18.0 Å². The highest BCUT2D eigenvalue weighted by Gasteiger charge is 2.34. The van der Waals surface area contributed by atoms with Gasteiger partial charge in [0.25, 0.3) is 0 Å². The van der Waals surface area contributed by atoms with E-state index >= 15 is 0 Å². The molecule has 2 fully saturated rings. The van der Waals surface area contributed by atoms with Crippen LogP contribution in [-0.2, 0) is 4.79 Å². The molecule has 0 spiro atoms. The summed E-state index contributed by atoms with van der Waals surface area (Å²) in [6.07, 6.45) is 7.36. The van der Waals surface area contributed by atoms with Gasteiger partial charge in [-0.05, 0) is 63.9 Å². The molecule has 3 aliphatic rings. The van der Waals surface area contributed by atoms with Crippen LogP contribution < -0.4 is 15.5 Å². The highest BCUT2D eigenvalue weighted by molar-refractivity contribution is 6.03. The molecule has 0 bridgehead atoms. The van der Waals surface area contributed by atoms with Gasteiger partial charge in [-0.3, -0.25) is 9.78 Å². The lowest BCUT2D eigenvalue weighted by Gasteiger charge is -2.34. The van der Waals surface area contributed by atoms with Crippen molar-refractivity contribution in [3.05, 3.63) is 54.0 Å². The number of hydrogen-bond donors (Lipinski definition) is 2. The zero-order valence-electron chi connectivity index (χ0n) is 21.7. The molecule has 3 aromatic heterocycles. The molecule has 0 radical (unpaired) electrons. The van der Waals surface area contributed by atoms with Crippen molar-refractivity contribution in [1.82, 2.24) is 24.8 Å². The van der Waals surface area contributed by atoms with Crippen molar-refractivity contribution in [3.63, 3.8) is 0 Å². The molecule has 3 aliphatic heterocycles. The molecule has 198 valence electrons. The summed E-state index contributed by atoms with van der Waals surface area (Å²) < 4.78 is 13.9. The minimum Gasteiger partial charge on any atom is -0.382 e. The van der Waals surface area contributed by atoms with Crippen molar-refractivity contribution in [3.8, 4) is 11.3 Å². The molecular formula is C28H33FN8O. The summed E-state index contributed by atoms with van der Waals surface area (Å²) in [5.41, 5.74) is 4.44. The third-order valence-corrected chi connectivity index (χ3v) is 8.00. The fourth-order valence-electron chi connectivity index (χ4n) is 5.87. The van der Waals surface area contributed by atoms with E-state index in [1.54, 1.807) is 6.07 Å². The molecule has 1 unspecified atom stereocenters. The van der Waals surface area contributed by atoms with Crippen LogP contribution in [0.3, 0.4) is 0 Å². The topological polar surface area (TPSA) is 99.2 Å². The van der Waals surface area contributed by atoms with Crippen molar-refractivity contribution in [2.75, 3.05) is 54.8 Å². The fraction of sp³-hybridized carbons (Fsp3) is 0.464. The smallest absolute Gasteiger partial charge is 0.233 e. The number of halogens is 1. The van der Waals surface area contributed by atoms with E-state index in [1.165, 1.54) is 44.5 Å². The number of anilines is 3. The second-order valence-electron chi connectivity index (χ2n) is 10.4. The Hall–Kier alpha value is -3.66. The first-order valence-corrected chi connectivity index (χ1v) is 13.6. The molecule has 2 N–H and O–H groups in total. The number of pyridine rings is 2. The largest absolute Gasteiger partial charge is 0.382 e. The third kappa shape index (κ3) is 4.92. The van der Waals surface area contributed by atoms with Gasteiger partial charge in [-0.15, -0.1) is 0 Å². The Kier molecular flexibility index (Phi) is 6.88. The van der Waals surface area contributed by atoms with E-state index in [0.29, 0.717) is 5.82 Å². The summed E-state index contributed by atoms with van der Waals surface area (Å²) in [6, 6.07) is 7.27. The molecule has 6 heterocycles. The Balaban J connectivity index is 1.22. The number of carbonyl (C=O) groups is 1. The minimum atomic E-state index is -0.508.